The summed E-state index contributed by atoms with van der Waals surface area (Å²) >= 11 is 0. The van der Waals surface area contributed by atoms with Crippen molar-refractivity contribution < 1.29 is 33.4 Å². The molecule has 0 aliphatic heterocycles. The zero-order valence-electron chi connectivity index (χ0n) is 19.8. The van der Waals surface area contributed by atoms with Gasteiger partial charge in [0.1, 0.15) is 23.3 Å². The van der Waals surface area contributed by atoms with E-state index in [0.717, 1.165) is 5.56 Å². The summed E-state index contributed by atoms with van der Waals surface area (Å²) in [4.78, 5) is 49.8. The van der Waals surface area contributed by atoms with Crippen LogP contribution in [0.4, 0.5) is 4.79 Å². The van der Waals surface area contributed by atoms with Crippen LogP contribution in [0, 0.1) is 0 Å². The molecule has 0 saturated carbocycles. The summed E-state index contributed by atoms with van der Waals surface area (Å²) < 4.78 is 15.3. The molecule has 2 N–H and O–H groups in total. The van der Waals surface area contributed by atoms with Crippen LogP contribution in [0.15, 0.2) is 30.3 Å². The first-order valence-corrected chi connectivity index (χ1v) is 10.3. The lowest BCUT2D eigenvalue weighted by Crippen LogP contribution is -2.54. The molecule has 0 aliphatic rings. The fraction of sp³-hybridized carbons (Fsp3) is 0.565. The Balaban J connectivity index is 3.02. The monoisotopic (exact) mass is 450 g/mol. The summed E-state index contributed by atoms with van der Waals surface area (Å²) in [7, 11) is 1.21. The summed E-state index contributed by atoms with van der Waals surface area (Å²) in [5.74, 6) is -2.09. The van der Waals surface area contributed by atoms with Crippen molar-refractivity contribution in [3.63, 3.8) is 0 Å². The van der Waals surface area contributed by atoms with Gasteiger partial charge in [0.05, 0.1) is 13.5 Å². The topological polar surface area (TPSA) is 120 Å². The zero-order valence-corrected chi connectivity index (χ0v) is 19.8. The summed E-state index contributed by atoms with van der Waals surface area (Å²) in [6.45, 7) is 10.1. The highest BCUT2D eigenvalue weighted by Crippen LogP contribution is 2.12. The van der Waals surface area contributed by atoms with Crippen LogP contribution in [0.2, 0.25) is 0 Å². The highest BCUT2D eigenvalue weighted by molar-refractivity contribution is 5.92. The SMILES string of the molecule is COC(=O)[C@H](Cc1ccccc1)NC(=O)[C@@H](CC(=O)OC(C)(C)C)NC(=O)OC(C)(C)C. The molecule has 2 amide bonds. The number of alkyl carbamates (subject to hydrolysis) is 1. The fourth-order valence-corrected chi connectivity index (χ4v) is 2.67. The predicted octanol–water partition coefficient (Wildman–Crippen LogP) is 2.51. The number of hydrogen-bond donors (Lipinski definition) is 2. The van der Waals surface area contributed by atoms with Crippen LogP contribution in [0.3, 0.4) is 0 Å². The van der Waals surface area contributed by atoms with E-state index in [1.807, 2.05) is 6.07 Å². The lowest BCUT2D eigenvalue weighted by atomic mass is 10.0. The van der Waals surface area contributed by atoms with Gasteiger partial charge >= 0.3 is 18.0 Å². The zero-order chi connectivity index (χ0) is 24.5. The van der Waals surface area contributed by atoms with Gasteiger partial charge in [-0.15, -0.1) is 0 Å². The molecule has 0 saturated heterocycles. The molecule has 32 heavy (non-hydrogen) atoms. The first-order chi connectivity index (χ1) is 14.7. The van der Waals surface area contributed by atoms with Gasteiger partial charge in [-0.3, -0.25) is 9.59 Å². The molecule has 9 nitrogen and oxygen atoms in total. The Kier molecular flexibility index (Phi) is 9.68. The van der Waals surface area contributed by atoms with Crippen LogP contribution in [-0.2, 0) is 35.0 Å². The smallest absolute Gasteiger partial charge is 0.408 e. The second-order valence-electron chi connectivity index (χ2n) is 9.26. The Morgan fingerprint density at radius 3 is 1.91 bits per heavy atom. The molecule has 2 atom stereocenters. The van der Waals surface area contributed by atoms with Crippen LogP contribution in [-0.4, -0.2) is 54.3 Å². The number of rotatable bonds is 8. The number of amides is 2. The second kappa shape index (κ2) is 11.5. The number of methoxy groups -OCH3 is 1. The highest BCUT2D eigenvalue weighted by Gasteiger charge is 2.32. The molecule has 0 unspecified atom stereocenters. The van der Waals surface area contributed by atoms with Crippen molar-refractivity contribution in [3.05, 3.63) is 35.9 Å². The molecular formula is C23H34N2O7. The van der Waals surface area contributed by atoms with Crippen molar-refractivity contribution in [2.75, 3.05) is 7.11 Å². The van der Waals surface area contributed by atoms with Gasteiger partial charge in [0.15, 0.2) is 0 Å². The Hall–Kier alpha value is -3.10. The standard InChI is InChI=1S/C23H34N2O7/c1-22(2,3)31-18(26)14-16(25-21(29)32-23(4,5)6)19(27)24-17(20(28)30-7)13-15-11-9-8-10-12-15/h8-12,16-17H,13-14H2,1-7H3,(H,24,27)(H,25,29)/t16-,17+/m1/s1. The minimum atomic E-state index is -1.32. The van der Waals surface area contributed by atoms with Gasteiger partial charge in [0.25, 0.3) is 0 Å². The minimum Gasteiger partial charge on any atom is -0.467 e. The summed E-state index contributed by atoms with van der Waals surface area (Å²) in [5.41, 5.74) is -0.780. The van der Waals surface area contributed by atoms with Crippen molar-refractivity contribution in [2.45, 2.75) is 77.7 Å². The number of benzene rings is 1. The van der Waals surface area contributed by atoms with Crippen molar-refractivity contribution in [2.24, 2.45) is 0 Å². The molecular weight excluding hydrogens is 416 g/mol. The second-order valence-corrected chi connectivity index (χ2v) is 9.26. The van der Waals surface area contributed by atoms with Gasteiger partial charge in [-0.1, -0.05) is 30.3 Å². The van der Waals surface area contributed by atoms with Crippen molar-refractivity contribution >= 4 is 23.9 Å². The molecule has 0 aliphatic carbocycles. The average molecular weight is 451 g/mol. The van der Waals surface area contributed by atoms with Gasteiger partial charge in [-0.05, 0) is 47.1 Å². The van der Waals surface area contributed by atoms with Crippen LogP contribution in [0.25, 0.3) is 0 Å². The summed E-state index contributed by atoms with van der Waals surface area (Å²) in [5, 5.41) is 4.95. The normalized spacial score (nSPS) is 13.3. The highest BCUT2D eigenvalue weighted by atomic mass is 16.6. The lowest BCUT2D eigenvalue weighted by molar-refractivity contribution is -0.156. The molecule has 0 spiro atoms. The maximum Gasteiger partial charge on any atom is 0.408 e. The van der Waals surface area contributed by atoms with Crippen LogP contribution in [0.1, 0.15) is 53.5 Å². The first kappa shape index (κ1) is 26.9. The largest absolute Gasteiger partial charge is 0.467 e. The van der Waals surface area contributed by atoms with E-state index in [9.17, 15) is 19.2 Å². The van der Waals surface area contributed by atoms with Gasteiger partial charge in [0.2, 0.25) is 5.91 Å². The third-order valence-corrected chi connectivity index (χ3v) is 3.88. The van der Waals surface area contributed by atoms with Crippen molar-refractivity contribution in [1.82, 2.24) is 10.6 Å². The lowest BCUT2D eigenvalue weighted by Gasteiger charge is -2.26. The van der Waals surface area contributed by atoms with E-state index >= 15 is 0 Å². The van der Waals surface area contributed by atoms with Gasteiger partial charge < -0.3 is 24.8 Å². The summed E-state index contributed by atoms with van der Waals surface area (Å²) in [6.07, 6.45) is -1.15. The van der Waals surface area contributed by atoms with Crippen LogP contribution >= 0.6 is 0 Å². The Bertz CT molecular complexity index is 765. The van der Waals surface area contributed by atoms with E-state index in [1.165, 1.54) is 7.11 Å². The van der Waals surface area contributed by atoms with E-state index in [1.54, 1.807) is 65.8 Å². The Labute approximate surface area is 189 Å². The van der Waals surface area contributed by atoms with E-state index in [2.05, 4.69) is 10.6 Å². The molecule has 9 heteroatoms. The van der Waals surface area contributed by atoms with Crippen molar-refractivity contribution in [1.29, 1.82) is 0 Å². The quantitative estimate of drug-likeness (QED) is 0.461. The van der Waals surface area contributed by atoms with E-state index < -0.39 is 53.6 Å². The third-order valence-electron chi connectivity index (χ3n) is 3.88. The Morgan fingerprint density at radius 1 is 0.844 bits per heavy atom. The molecule has 0 aromatic heterocycles. The number of carbonyl (C=O) groups is 4. The van der Waals surface area contributed by atoms with Gasteiger partial charge in [-0.2, -0.15) is 0 Å². The molecule has 178 valence electrons. The van der Waals surface area contributed by atoms with Gasteiger partial charge in [0, 0.05) is 6.42 Å². The molecule has 1 rings (SSSR count). The molecule has 0 fully saturated rings. The average Bonchev–Trinajstić information content (AvgIpc) is 2.64. The molecule has 0 heterocycles. The fourth-order valence-electron chi connectivity index (χ4n) is 2.67. The minimum absolute atomic E-state index is 0.171. The van der Waals surface area contributed by atoms with Gasteiger partial charge in [-0.25, -0.2) is 9.59 Å². The maximum absolute atomic E-state index is 13.0. The summed E-state index contributed by atoms with van der Waals surface area (Å²) in [6, 6.07) is 6.72. The van der Waals surface area contributed by atoms with Crippen LogP contribution in [0.5, 0.6) is 0 Å². The molecule has 1 aromatic carbocycles. The molecule has 0 radical (unpaired) electrons. The predicted molar refractivity (Wildman–Crippen MR) is 118 cm³/mol. The number of ether oxygens (including phenoxy) is 3. The number of nitrogens with one attached hydrogen (secondary N) is 2. The molecule has 1 aromatic rings. The Morgan fingerprint density at radius 2 is 1.41 bits per heavy atom. The third kappa shape index (κ3) is 10.8. The number of carbonyl (C=O) groups excluding carboxylic acids is 4. The van der Waals surface area contributed by atoms with Crippen LogP contribution < -0.4 is 10.6 Å². The van der Waals surface area contributed by atoms with E-state index in [-0.39, 0.29) is 6.42 Å². The maximum atomic E-state index is 13.0. The van der Waals surface area contributed by atoms with E-state index in [0.29, 0.717) is 0 Å². The van der Waals surface area contributed by atoms with Crippen molar-refractivity contribution in [3.8, 4) is 0 Å². The number of esters is 2. The first-order valence-electron chi connectivity index (χ1n) is 10.3. The number of hydrogen-bond acceptors (Lipinski definition) is 7. The molecule has 0 bridgehead atoms. The van der Waals surface area contributed by atoms with E-state index in [4.69, 9.17) is 14.2 Å².